The summed E-state index contributed by atoms with van der Waals surface area (Å²) in [6.07, 6.45) is 13.2. The van der Waals surface area contributed by atoms with Crippen molar-refractivity contribution in [1.29, 1.82) is 0 Å². The molecule has 4 aliphatic heterocycles. The number of alkyl halides is 6. The van der Waals surface area contributed by atoms with Gasteiger partial charge < -0.3 is 79.3 Å². The second-order valence-electron chi connectivity index (χ2n) is 32.4. The van der Waals surface area contributed by atoms with Crippen LogP contribution >= 0.6 is 69.6 Å². The molecule has 119 heavy (non-hydrogen) atoms. The Morgan fingerprint density at radius 2 is 1.01 bits per heavy atom. The van der Waals surface area contributed by atoms with Gasteiger partial charge in [-0.15, -0.1) is 46.4 Å². The zero-order valence-electron chi connectivity index (χ0n) is 62.6. The second-order valence-corrected chi connectivity index (χ2v) is 35.8. The average molecular weight is 1730 g/mol. The molecular formula is C90H72Cl6O23. The molecule has 12 N–H and O–H groups in total. The summed E-state index contributed by atoms with van der Waals surface area (Å²) in [5, 5.41) is 122. The molecule has 6 bridgehead atoms. The molecule has 5 saturated carbocycles. The van der Waals surface area contributed by atoms with E-state index in [0.29, 0.717) is 63.7 Å². The van der Waals surface area contributed by atoms with Crippen molar-refractivity contribution in [3.8, 4) is 91.5 Å². The molecule has 29 heteroatoms. The van der Waals surface area contributed by atoms with Gasteiger partial charge in [0.15, 0.2) is 39.6 Å². The highest BCUT2D eigenvalue weighted by atomic mass is 35.5. The molecule has 20 unspecified atom stereocenters. The fourth-order valence-electron chi connectivity index (χ4n) is 21.4. The smallest absolute Gasteiger partial charge is 0.307 e. The summed E-state index contributed by atoms with van der Waals surface area (Å²) in [5.41, 5.74) is 2.39. The summed E-state index contributed by atoms with van der Waals surface area (Å²) in [5.74, 6) is -10.3. The first kappa shape index (κ1) is 80.4. The number of carboxylic acid groups (broad SMARTS) is 4. The van der Waals surface area contributed by atoms with Crippen molar-refractivity contribution >= 4 is 139 Å². The minimum Gasteiger partial charge on any atom is -0.508 e. The van der Waals surface area contributed by atoms with Crippen LogP contribution in [0.15, 0.2) is 185 Å². The normalized spacial score (nSPS) is 29.8. The van der Waals surface area contributed by atoms with Gasteiger partial charge in [0.1, 0.15) is 38.7 Å². The molecule has 23 nitrogen and oxygen atoms in total. The molecular weight excluding hydrogens is 1660 g/mol. The van der Waals surface area contributed by atoms with Crippen LogP contribution in [0.4, 0.5) is 0 Å². The lowest BCUT2D eigenvalue weighted by Gasteiger charge is -2.78. The van der Waals surface area contributed by atoms with E-state index in [1.54, 1.807) is 36.4 Å². The first-order valence-corrected chi connectivity index (χ1v) is 40.7. The average Bonchev–Trinajstić information content (AvgIpc) is 1.14. The Balaban J connectivity index is 0.000000115. The molecule has 0 spiro atoms. The summed E-state index contributed by atoms with van der Waals surface area (Å²) in [7, 11) is 0. The van der Waals surface area contributed by atoms with Gasteiger partial charge in [-0.3, -0.25) is 33.6 Å². The predicted octanol–water partition coefficient (Wildman–Crippen LogP) is 16.1. The highest BCUT2D eigenvalue weighted by Crippen LogP contribution is 2.83. The van der Waals surface area contributed by atoms with E-state index in [2.05, 4.69) is 25.7 Å². The van der Waals surface area contributed by atoms with E-state index in [9.17, 15) is 94.8 Å². The number of aliphatic carboxylic acids is 4. The van der Waals surface area contributed by atoms with Crippen molar-refractivity contribution in [2.75, 3.05) is 0 Å². The quantitative estimate of drug-likeness (QED) is 0.0291. The van der Waals surface area contributed by atoms with Crippen molar-refractivity contribution in [2.45, 2.75) is 82.6 Å². The number of phenols is 8. The second kappa shape index (κ2) is 29.1. The molecule has 5 aromatic carbocycles. The maximum Gasteiger partial charge on any atom is 0.307 e. The number of benzene rings is 8. The summed E-state index contributed by atoms with van der Waals surface area (Å²) in [6, 6.07) is 31.0. The van der Waals surface area contributed by atoms with Gasteiger partial charge >= 0.3 is 23.9 Å². The van der Waals surface area contributed by atoms with Crippen molar-refractivity contribution in [1.82, 2.24) is 0 Å². The minimum absolute atomic E-state index is 0.00541. The van der Waals surface area contributed by atoms with Crippen LogP contribution in [0.25, 0.3) is 79.0 Å². The van der Waals surface area contributed by atoms with E-state index in [0.717, 1.165) is 44.2 Å². The van der Waals surface area contributed by atoms with Crippen molar-refractivity contribution < 1.29 is 98.4 Å². The number of halogens is 6. The molecule has 612 valence electrons. The van der Waals surface area contributed by atoms with Crippen LogP contribution in [-0.4, -0.2) is 110 Å². The van der Waals surface area contributed by atoms with Crippen LogP contribution in [0.5, 0.6) is 57.5 Å². The Bertz CT molecular complexity index is 6490. The van der Waals surface area contributed by atoms with Gasteiger partial charge in [0.05, 0.1) is 44.7 Å². The predicted molar refractivity (Wildman–Crippen MR) is 443 cm³/mol. The zero-order chi connectivity index (χ0) is 84.7. The van der Waals surface area contributed by atoms with Gasteiger partial charge in [-0.1, -0.05) is 92.2 Å². The van der Waals surface area contributed by atoms with E-state index in [1.807, 2.05) is 55.5 Å². The number of aromatic hydroxyl groups is 8. The molecule has 0 aromatic heterocycles. The van der Waals surface area contributed by atoms with E-state index in [-0.39, 0.29) is 105 Å². The fourth-order valence-corrected chi connectivity index (χ4v) is 24.9. The Morgan fingerprint density at radius 3 is 1.61 bits per heavy atom. The number of fused-ring (bicyclic) bond motifs is 12. The number of allylic oxidation sites excluding steroid dienone is 6. The van der Waals surface area contributed by atoms with Gasteiger partial charge in [-0.25, -0.2) is 0 Å². The lowest BCUT2D eigenvalue weighted by molar-refractivity contribution is -0.160. The Kier molecular flexibility index (Phi) is 19.7. The third-order valence-electron chi connectivity index (χ3n) is 26.7. The highest BCUT2D eigenvalue weighted by molar-refractivity contribution is 6.58. The van der Waals surface area contributed by atoms with Crippen LogP contribution in [0.1, 0.15) is 79.5 Å². The summed E-state index contributed by atoms with van der Waals surface area (Å²) < 4.78 is 21.5. The van der Waals surface area contributed by atoms with Crippen LogP contribution in [0.3, 0.4) is 0 Å². The number of carboxylic acids is 4. The Labute approximate surface area is 704 Å². The molecule has 0 amide bonds. The van der Waals surface area contributed by atoms with E-state index in [4.69, 9.17) is 87.6 Å². The lowest BCUT2D eigenvalue weighted by Crippen LogP contribution is -2.87. The van der Waals surface area contributed by atoms with E-state index in [1.165, 1.54) is 54.6 Å². The summed E-state index contributed by atoms with van der Waals surface area (Å²) in [6.45, 7) is 8.13. The maximum atomic E-state index is 12.7. The third kappa shape index (κ3) is 12.0. The fraction of sp³-hybridized carbons (Fsp3) is 0.300. The molecule has 15 aliphatic rings. The monoisotopic (exact) mass is 1730 g/mol. The first-order valence-electron chi connectivity index (χ1n) is 38.2. The van der Waals surface area contributed by atoms with Gasteiger partial charge in [0.2, 0.25) is 33.9 Å². The molecule has 5 fully saturated rings. The first-order chi connectivity index (χ1) is 56.5. The SMILES string of the molecule is C=c1ccc2c(c1)Oc1cc(O)ccc1C=2C1C2C=CC(C2C)C1C(=O)O.CC1C2C=CC1C(c1c3ccc(=O)c(O)c-3oc3c(O)c(O)ccc13)C2C(=O)O.O=C(O)C1CC2C3(Cl)C(Cl)C(Cl)C(Cl)C2(CC1c1c2ccc(=O)c(O)c-2oc2c(O)c(O)ccc12)C3(Cl)Cl.O=C(O)C1CC=CCC1c1c2ccc(=O)cc-2oc2cc(O)ccc12. The number of phenolic OH excluding ortho intramolecular Hbond substituents is 8. The zero-order valence-corrected chi connectivity index (χ0v) is 67.1. The molecule has 20 rings (SSSR count). The van der Waals surface area contributed by atoms with Crippen LogP contribution in [0, 0.1) is 76.4 Å². The van der Waals surface area contributed by atoms with Crippen molar-refractivity contribution in [3.05, 3.63) is 221 Å². The minimum atomic E-state index is -1.67. The molecule has 0 saturated heterocycles. The topological polar surface area (TPSA) is 411 Å². The molecule has 5 aromatic rings. The molecule has 11 aliphatic carbocycles. The van der Waals surface area contributed by atoms with Crippen LogP contribution < -0.4 is 31.5 Å². The van der Waals surface area contributed by atoms with Crippen molar-refractivity contribution in [2.24, 2.45) is 76.4 Å². The number of ether oxygens (including phenoxy) is 1. The van der Waals surface area contributed by atoms with E-state index >= 15 is 0 Å². The van der Waals surface area contributed by atoms with Gasteiger partial charge in [0, 0.05) is 85.0 Å². The number of carbonyl (C=O) groups is 4. The third-order valence-corrected chi connectivity index (χ3v) is 31.2. The lowest BCUT2D eigenvalue weighted by atomic mass is 9.38. The number of hydrogen-bond donors (Lipinski definition) is 12. The van der Waals surface area contributed by atoms with Crippen molar-refractivity contribution in [3.63, 3.8) is 0 Å². The number of rotatable bonds is 8. The van der Waals surface area contributed by atoms with E-state index < -0.39 is 141 Å². The largest absolute Gasteiger partial charge is 0.508 e. The molecule has 20 atom stereocenters. The van der Waals surface area contributed by atoms with Crippen LogP contribution in [-0.2, 0) is 19.2 Å². The molecule has 4 heterocycles. The standard InChI is InChI=1S/C25H18Cl6O7.C23H20O4.C22H18O7.C20H16O5/c26-15-20(27)23-6-10(9(22(36)37)5-13(23)24(29,21(15)28)25(23,30)31)14-7-1-3-11(32)16(34)18(7)38-19-8(14)2-4-12(33)17(19)35;1-11-3-5-16-18(9-11)27-19-10-13(24)4-6-17(19)20(16)21-14-7-8-15(12(14)2)22(21)23(25)26;1-8-9-2-3-10(8)17(22(27)28)16(9)15-11-4-6-13(23)18(25)20(11)29-21-12(15)5-7-14(24)19(21)26;21-11-5-7-15-17(9-11)25-18-10-12(22)6-8-16(18)19(15)13-3-1-2-4-14(13)20(23)24/h1-4,9-10,13,15,20-21,32,34-35H,5-6H2,(H,36,37);3-10,12,14-15,21-22,24H,1H2,2H3,(H,25,26);2-10,16-17,23,25-26H,1H3,(H,27,28);1-2,5-10,13-14,21H,3-4H2,(H,23,24). The van der Waals surface area contributed by atoms with Gasteiger partial charge in [-0.05, 0) is 192 Å². The summed E-state index contributed by atoms with van der Waals surface area (Å²) in [4.78, 5) is 83.4. The Morgan fingerprint density at radius 1 is 0.487 bits per heavy atom. The highest BCUT2D eigenvalue weighted by Gasteiger charge is 2.88. The van der Waals surface area contributed by atoms with Gasteiger partial charge in [0.25, 0.3) is 0 Å². The van der Waals surface area contributed by atoms with Crippen LogP contribution in [0.2, 0.25) is 0 Å². The maximum absolute atomic E-state index is 12.7. The Hall–Kier alpha value is -11.1. The summed E-state index contributed by atoms with van der Waals surface area (Å²) >= 11 is 40.9. The number of hydrogen-bond acceptors (Lipinski definition) is 19. The molecule has 0 radical (unpaired) electrons. The van der Waals surface area contributed by atoms with Gasteiger partial charge in [-0.2, -0.15) is 0 Å².